The highest BCUT2D eigenvalue weighted by molar-refractivity contribution is 6.07. The zero-order valence-electron chi connectivity index (χ0n) is 19.7. The number of hydrogen-bond acceptors (Lipinski definition) is 6. The molecule has 0 fully saturated rings. The summed E-state index contributed by atoms with van der Waals surface area (Å²) < 4.78 is 11.8. The van der Waals surface area contributed by atoms with Crippen LogP contribution in [0.3, 0.4) is 0 Å². The van der Waals surface area contributed by atoms with Crippen molar-refractivity contribution in [3.63, 3.8) is 0 Å². The van der Waals surface area contributed by atoms with Crippen molar-refractivity contribution in [2.45, 2.75) is 51.2 Å². The first kappa shape index (κ1) is 22.0. The number of benzene rings is 3. The van der Waals surface area contributed by atoms with Gasteiger partial charge in [0.25, 0.3) is 0 Å². The predicted molar refractivity (Wildman–Crippen MR) is 125 cm³/mol. The Balaban J connectivity index is 1.85. The number of esters is 2. The molecule has 0 atom stereocenters. The number of fused-ring (bicyclic) bond motifs is 6. The van der Waals surface area contributed by atoms with Crippen molar-refractivity contribution in [3.05, 3.63) is 93.5 Å². The summed E-state index contributed by atoms with van der Waals surface area (Å²) >= 11 is 0. The molecule has 1 aliphatic carbocycles. The monoisotopic (exact) mass is 458 g/mol. The van der Waals surface area contributed by atoms with Crippen molar-refractivity contribution in [3.8, 4) is 11.5 Å². The number of carbonyl (C=O) groups is 2. The van der Waals surface area contributed by atoms with E-state index in [1.807, 2.05) is 13.8 Å². The molecule has 5 rings (SSSR count). The smallest absolute Gasteiger partial charge is 0.341 e. The van der Waals surface area contributed by atoms with Gasteiger partial charge in [0.15, 0.2) is 5.60 Å². The normalized spacial score (nSPS) is 16.9. The quantitative estimate of drug-likeness (QED) is 0.490. The molecular formula is C28H26O6. The minimum Gasteiger partial charge on any atom is -0.508 e. The van der Waals surface area contributed by atoms with Crippen LogP contribution in [-0.4, -0.2) is 27.8 Å². The van der Waals surface area contributed by atoms with Gasteiger partial charge in [-0.05, 0) is 62.2 Å². The summed E-state index contributed by atoms with van der Waals surface area (Å²) in [5.41, 5.74) is 1.05. The van der Waals surface area contributed by atoms with Crippen LogP contribution in [0.1, 0.15) is 83.2 Å². The number of carbonyl (C=O) groups excluding carboxylic acids is 2. The molecule has 0 radical (unpaired) electrons. The van der Waals surface area contributed by atoms with Crippen LogP contribution < -0.4 is 0 Å². The second-order valence-electron chi connectivity index (χ2n) is 10.4. The van der Waals surface area contributed by atoms with Crippen LogP contribution in [0.4, 0.5) is 0 Å². The Morgan fingerprint density at radius 2 is 1.41 bits per heavy atom. The minimum absolute atomic E-state index is 0.0811. The third-order valence-corrected chi connectivity index (χ3v) is 6.62. The van der Waals surface area contributed by atoms with Gasteiger partial charge in [0.2, 0.25) is 0 Å². The van der Waals surface area contributed by atoms with Crippen LogP contribution in [0.2, 0.25) is 0 Å². The fourth-order valence-corrected chi connectivity index (χ4v) is 5.22. The molecule has 2 N–H and O–H groups in total. The van der Waals surface area contributed by atoms with E-state index < -0.39 is 28.6 Å². The molecule has 3 aromatic carbocycles. The van der Waals surface area contributed by atoms with Gasteiger partial charge in [0.05, 0.1) is 11.1 Å². The fourth-order valence-electron chi connectivity index (χ4n) is 5.22. The molecular weight excluding hydrogens is 432 g/mol. The van der Waals surface area contributed by atoms with Gasteiger partial charge in [-0.1, -0.05) is 38.1 Å². The molecule has 0 saturated heterocycles. The van der Waals surface area contributed by atoms with Crippen LogP contribution >= 0.6 is 0 Å². The number of aromatic hydroxyl groups is 2. The summed E-state index contributed by atoms with van der Waals surface area (Å²) in [6, 6.07) is 15.0. The van der Waals surface area contributed by atoms with Gasteiger partial charge in [-0.3, -0.25) is 0 Å². The zero-order chi connectivity index (χ0) is 24.6. The van der Waals surface area contributed by atoms with Gasteiger partial charge in [-0.15, -0.1) is 0 Å². The van der Waals surface area contributed by atoms with E-state index in [2.05, 4.69) is 0 Å². The first-order chi connectivity index (χ1) is 15.9. The third-order valence-electron chi connectivity index (χ3n) is 6.62. The number of phenols is 2. The molecule has 0 unspecified atom stereocenters. The van der Waals surface area contributed by atoms with Crippen LogP contribution in [0.25, 0.3) is 0 Å². The summed E-state index contributed by atoms with van der Waals surface area (Å²) in [4.78, 5) is 26.4. The Morgan fingerprint density at radius 3 is 1.94 bits per heavy atom. The van der Waals surface area contributed by atoms with Crippen LogP contribution in [-0.2, 0) is 20.5 Å². The molecule has 6 heteroatoms. The van der Waals surface area contributed by atoms with Gasteiger partial charge in [0.1, 0.15) is 17.1 Å². The Labute approximate surface area is 197 Å². The Morgan fingerprint density at radius 1 is 0.853 bits per heavy atom. The van der Waals surface area contributed by atoms with Gasteiger partial charge < -0.3 is 19.7 Å². The molecule has 1 aliphatic heterocycles. The van der Waals surface area contributed by atoms with Crippen LogP contribution in [0.15, 0.2) is 54.6 Å². The van der Waals surface area contributed by atoms with E-state index in [-0.39, 0.29) is 22.6 Å². The maximum atomic E-state index is 13.4. The number of rotatable bonds is 1. The standard InChI is InChI=1S/C28H26O6/c1-26(2,3)33-24(31)17-7-6-8-20-23(17)25(32)34-28(20)18-11-9-15(29)13-21(18)27(4,5)22-14-16(30)10-12-19(22)28/h6-14,29-30H,1-5H3. The third kappa shape index (κ3) is 2.94. The first-order valence-electron chi connectivity index (χ1n) is 11.1. The molecule has 34 heavy (non-hydrogen) atoms. The highest BCUT2D eigenvalue weighted by atomic mass is 16.6. The molecule has 1 heterocycles. The van der Waals surface area contributed by atoms with E-state index >= 15 is 0 Å². The van der Waals surface area contributed by atoms with E-state index in [1.54, 1.807) is 75.4 Å². The van der Waals surface area contributed by atoms with E-state index in [0.29, 0.717) is 16.7 Å². The van der Waals surface area contributed by atoms with Crippen molar-refractivity contribution >= 4 is 11.9 Å². The van der Waals surface area contributed by atoms with E-state index in [9.17, 15) is 19.8 Å². The van der Waals surface area contributed by atoms with Gasteiger partial charge in [0, 0.05) is 22.1 Å². The summed E-state index contributed by atoms with van der Waals surface area (Å²) in [6.45, 7) is 9.28. The van der Waals surface area contributed by atoms with Crippen LogP contribution in [0, 0.1) is 0 Å². The molecule has 174 valence electrons. The number of hydrogen-bond donors (Lipinski definition) is 2. The fraction of sp³-hybridized carbons (Fsp3) is 0.286. The van der Waals surface area contributed by atoms with Crippen molar-refractivity contribution in [1.29, 1.82) is 0 Å². The summed E-state index contributed by atoms with van der Waals surface area (Å²) in [6.07, 6.45) is 0. The maximum Gasteiger partial charge on any atom is 0.341 e. The molecule has 0 amide bonds. The van der Waals surface area contributed by atoms with E-state index in [4.69, 9.17) is 9.47 Å². The number of ether oxygens (including phenoxy) is 2. The second kappa shape index (κ2) is 6.86. The highest BCUT2D eigenvalue weighted by Crippen LogP contribution is 2.57. The minimum atomic E-state index is -1.34. The molecule has 0 bridgehead atoms. The molecule has 3 aromatic rings. The average molecular weight is 459 g/mol. The zero-order valence-corrected chi connectivity index (χ0v) is 19.7. The summed E-state index contributed by atoms with van der Waals surface area (Å²) in [5, 5.41) is 20.6. The van der Waals surface area contributed by atoms with Crippen molar-refractivity contribution in [2.24, 2.45) is 0 Å². The lowest BCUT2D eigenvalue weighted by molar-refractivity contribution is 0.00621. The lowest BCUT2D eigenvalue weighted by atomic mass is 9.61. The largest absolute Gasteiger partial charge is 0.508 e. The molecule has 2 aliphatic rings. The lowest BCUT2D eigenvalue weighted by Crippen LogP contribution is -2.41. The Kier molecular flexibility index (Phi) is 4.44. The maximum absolute atomic E-state index is 13.4. The first-order valence-corrected chi connectivity index (χ1v) is 11.1. The molecule has 6 nitrogen and oxygen atoms in total. The second-order valence-corrected chi connectivity index (χ2v) is 10.4. The average Bonchev–Trinajstić information content (AvgIpc) is 3.05. The van der Waals surface area contributed by atoms with E-state index in [1.165, 1.54) is 0 Å². The SMILES string of the molecule is CC(C)(C)OC(=O)c1cccc2c1C(=O)OC21c2ccc(O)cc2C(C)(C)c2cc(O)ccc21. The van der Waals surface area contributed by atoms with Gasteiger partial charge in [-0.25, -0.2) is 9.59 Å². The Bertz CT molecular complexity index is 1320. The molecule has 0 saturated carbocycles. The van der Waals surface area contributed by atoms with Gasteiger partial charge >= 0.3 is 11.9 Å². The summed E-state index contributed by atoms with van der Waals surface area (Å²) in [5.74, 6) is -1.07. The Hall–Kier alpha value is -3.80. The molecule has 0 aromatic heterocycles. The highest BCUT2D eigenvalue weighted by Gasteiger charge is 2.56. The van der Waals surface area contributed by atoms with Crippen molar-refractivity contribution in [1.82, 2.24) is 0 Å². The topological polar surface area (TPSA) is 93.1 Å². The van der Waals surface area contributed by atoms with Crippen molar-refractivity contribution in [2.75, 3.05) is 0 Å². The van der Waals surface area contributed by atoms with Crippen molar-refractivity contribution < 1.29 is 29.3 Å². The molecule has 1 spiro atoms. The predicted octanol–water partition coefficient (Wildman–Crippen LogP) is 5.15. The van der Waals surface area contributed by atoms with Gasteiger partial charge in [-0.2, -0.15) is 0 Å². The summed E-state index contributed by atoms with van der Waals surface area (Å²) in [7, 11) is 0. The van der Waals surface area contributed by atoms with Crippen LogP contribution in [0.5, 0.6) is 11.5 Å². The van der Waals surface area contributed by atoms with E-state index in [0.717, 1.165) is 11.1 Å². The number of phenolic OH excluding ortho intramolecular Hbond substituents is 2. The lowest BCUT2D eigenvalue weighted by Gasteiger charge is -2.44.